The molecule has 2 rings (SSSR count). The van der Waals surface area contributed by atoms with Gasteiger partial charge in [-0.3, -0.25) is 4.79 Å². The Morgan fingerprint density at radius 1 is 1.15 bits per heavy atom. The van der Waals surface area contributed by atoms with E-state index in [0.717, 1.165) is 25.7 Å². The summed E-state index contributed by atoms with van der Waals surface area (Å²) in [6.45, 7) is 1.19. The Labute approximate surface area is 122 Å². The summed E-state index contributed by atoms with van der Waals surface area (Å²) >= 11 is 0. The number of carbonyl (C=O) groups is 1. The molecule has 1 N–H and O–H groups in total. The van der Waals surface area contributed by atoms with Crippen LogP contribution < -0.4 is 5.32 Å². The van der Waals surface area contributed by atoms with E-state index < -0.39 is 14.6 Å². The quantitative estimate of drug-likeness (QED) is 0.843. The SMILES string of the molecule is CN(C(=O)C1(S(C)(=O)=O)CCNCC1)C1CCCCC1. The molecule has 116 valence electrons. The third kappa shape index (κ3) is 2.86. The summed E-state index contributed by atoms with van der Waals surface area (Å²) < 4.78 is 23.3. The maximum atomic E-state index is 12.9. The van der Waals surface area contributed by atoms with Crippen LogP contribution in [0, 0.1) is 0 Å². The molecule has 5 nitrogen and oxygen atoms in total. The zero-order chi connectivity index (χ0) is 14.8. The van der Waals surface area contributed by atoms with E-state index in [-0.39, 0.29) is 11.9 Å². The van der Waals surface area contributed by atoms with Gasteiger partial charge in [0.05, 0.1) is 0 Å². The van der Waals surface area contributed by atoms with Crippen LogP contribution in [-0.2, 0) is 14.6 Å². The lowest BCUT2D eigenvalue weighted by atomic mass is 9.91. The first-order valence-corrected chi connectivity index (χ1v) is 9.45. The smallest absolute Gasteiger partial charge is 0.244 e. The summed E-state index contributed by atoms with van der Waals surface area (Å²) in [6, 6.07) is 0.213. The number of rotatable bonds is 3. The van der Waals surface area contributed by atoms with Crippen molar-refractivity contribution in [1.82, 2.24) is 10.2 Å². The standard InChI is InChI=1S/C14H26N2O3S/c1-16(12-6-4-3-5-7-12)13(17)14(20(2,18)19)8-10-15-11-9-14/h12,15H,3-11H2,1-2H3. The van der Waals surface area contributed by atoms with Gasteiger partial charge in [0.15, 0.2) is 14.6 Å². The Balaban J connectivity index is 2.22. The van der Waals surface area contributed by atoms with Crippen molar-refractivity contribution in [1.29, 1.82) is 0 Å². The van der Waals surface area contributed by atoms with Gasteiger partial charge in [-0.05, 0) is 38.8 Å². The molecule has 1 aliphatic carbocycles. The number of carbonyl (C=O) groups excluding carboxylic acids is 1. The zero-order valence-electron chi connectivity index (χ0n) is 12.5. The van der Waals surface area contributed by atoms with E-state index in [9.17, 15) is 13.2 Å². The lowest BCUT2D eigenvalue weighted by molar-refractivity contribution is -0.136. The topological polar surface area (TPSA) is 66.5 Å². The molecule has 20 heavy (non-hydrogen) atoms. The number of sulfone groups is 1. The van der Waals surface area contributed by atoms with Gasteiger partial charge in [-0.15, -0.1) is 0 Å². The van der Waals surface area contributed by atoms with Crippen LogP contribution in [0.2, 0.25) is 0 Å². The van der Waals surface area contributed by atoms with Gasteiger partial charge in [-0.2, -0.15) is 0 Å². The molecule has 2 aliphatic rings. The first kappa shape index (κ1) is 15.8. The number of hydrogen-bond donors (Lipinski definition) is 1. The molecule has 1 saturated carbocycles. The fourth-order valence-electron chi connectivity index (χ4n) is 3.53. The number of piperidine rings is 1. The van der Waals surface area contributed by atoms with Crippen molar-refractivity contribution in [2.45, 2.75) is 55.7 Å². The average Bonchev–Trinajstić information content (AvgIpc) is 2.46. The highest BCUT2D eigenvalue weighted by Gasteiger charge is 2.50. The molecule has 1 amide bonds. The summed E-state index contributed by atoms with van der Waals surface area (Å²) in [5, 5.41) is 3.15. The van der Waals surface area contributed by atoms with E-state index in [1.807, 2.05) is 0 Å². The summed E-state index contributed by atoms with van der Waals surface area (Å²) in [7, 11) is -1.62. The van der Waals surface area contributed by atoms with E-state index in [2.05, 4.69) is 5.32 Å². The van der Waals surface area contributed by atoms with Crippen LogP contribution in [0.15, 0.2) is 0 Å². The van der Waals surface area contributed by atoms with Gasteiger partial charge in [0.2, 0.25) is 5.91 Å². The molecule has 0 spiro atoms. The number of nitrogens with zero attached hydrogens (tertiary/aromatic N) is 1. The third-order valence-electron chi connectivity index (χ3n) is 4.95. The molecule has 6 heteroatoms. The maximum absolute atomic E-state index is 12.9. The van der Waals surface area contributed by atoms with Crippen molar-refractivity contribution in [2.24, 2.45) is 0 Å². The van der Waals surface area contributed by atoms with Crippen molar-refractivity contribution < 1.29 is 13.2 Å². The van der Waals surface area contributed by atoms with Gasteiger partial charge in [0, 0.05) is 19.3 Å². The van der Waals surface area contributed by atoms with Crippen molar-refractivity contribution in [2.75, 3.05) is 26.4 Å². The molecular formula is C14H26N2O3S. The molecule has 1 saturated heterocycles. The van der Waals surface area contributed by atoms with Gasteiger partial charge in [-0.1, -0.05) is 19.3 Å². The van der Waals surface area contributed by atoms with Crippen LogP contribution in [0.5, 0.6) is 0 Å². The molecule has 0 bridgehead atoms. The van der Waals surface area contributed by atoms with Gasteiger partial charge >= 0.3 is 0 Å². The molecule has 0 atom stereocenters. The minimum Gasteiger partial charge on any atom is -0.341 e. The average molecular weight is 302 g/mol. The normalized spacial score (nSPS) is 24.3. The molecule has 0 aromatic carbocycles. The second-order valence-electron chi connectivity index (χ2n) is 6.22. The highest BCUT2D eigenvalue weighted by molar-refractivity contribution is 7.92. The Bertz CT molecular complexity index is 449. The Morgan fingerprint density at radius 2 is 1.70 bits per heavy atom. The molecule has 2 fully saturated rings. The maximum Gasteiger partial charge on any atom is 0.244 e. The zero-order valence-corrected chi connectivity index (χ0v) is 13.3. The number of amides is 1. The summed E-state index contributed by atoms with van der Waals surface area (Å²) in [6.07, 6.45) is 7.49. The predicted molar refractivity (Wildman–Crippen MR) is 79.3 cm³/mol. The van der Waals surface area contributed by atoms with Gasteiger partial charge in [0.25, 0.3) is 0 Å². The fourth-order valence-corrected chi connectivity index (χ4v) is 4.94. The summed E-state index contributed by atoms with van der Waals surface area (Å²) in [4.78, 5) is 14.6. The van der Waals surface area contributed by atoms with Crippen molar-refractivity contribution in [3.8, 4) is 0 Å². The van der Waals surface area contributed by atoms with Gasteiger partial charge < -0.3 is 10.2 Å². The van der Waals surface area contributed by atoms with Crippen LogP contribution in [-0.4, -0.2) is 56.4 Å². The van der Waals surface area contributed by atoms with Crippen molar-refractivity contribution in [3.05, 3.63) is 0 Å². The molecule has 1 aliphatic heterocycles. The third-order valence-corrected chi connectivity index (χ3v) is 6.96. The summed E-state index contributed by atoms with van der Waals surface area (Å²) in [5.41, 5.74) is 0. The minimum absolute atomic E-state index is 0.187. The van der Waals surface area contributed by atoms with Crippen LogP contribution in [0.25, 0.3) is 0 Å². The second kappa shape index (κ2) is 6.02. The Morgan fingerprint density at radius 3 is 2.20 bits per heavy atom. The minimum atomic E-state index is -3.40. The molecule has 0 unspecified atom stereocenters. The first-order valence-electron chi connectivity index (χ1n) is 7.56. The molecule has 0 aromatic rings. The number of hydrogen-bond acceptors (Lipinski definition) is 4. The van der Waals surface area contributed by atoms with E-state index >= 15 is 0 Å². The predicted octanol–water partition coefficient (Wildman–Crippen LogP) is 0.944. The van der Waals surface area contributed by atoms with Gasteiger partial charge in [0.1, 0.15) is 0 Å². The molecule has 0 aromatic heterocycles. The monoisotopic (exact) mass is 302 g/mol. The van der Waals surface area contributed by atoms with E-state index in [1.54, 1.807) is 11.9 Å². The Kier molecular flexibility index (Phi) is 4.74. The second-order valence-corrected chi connectivity index (χ2v) is 8.55. The van der Waals surface area contributed by atoms with Crippen LogP contribution >= 0.6 is 0 Å². The lowest BCUT2D eigenvalue weighted by Gasteiger charge is -2.40. The van der Waals surface area contributed by atoms with Gasteiger partial charge in [-0.25, -0.2) is 8.42 Å². The van der Waals surface area contributed by atoms with E-state index in [4.69, 9.17) is 0 Å². The van der Waals surface area contributed by atoms with Crippen LogP contribution in [0.4, 0.5) is 0 Å². The highest BCUT2D eigenvalue weighted by atomic mass is 32.2. The lowest BCUT2D eigenvalue weighted by Crippen LogP contribution is -2.59. The molecule has 1 heterocycles. The van der Waals surface area contributed by atoms with Crippen LogP contribution in [0.3, 0.4) is 0 Å². The van der Waals surface area contributed by atoms with E-state index in [1.165, 1.54) is 12.7 Å². The fraction of sp³-hybridized carbons (Fsp3) is 0.929. The molecule has 0 radical (unpaired) electrons. The van der Waals surface area contributed by atoms with E-state index in [0.29, 0.717) is 25.9 Å². The largest absolute Gasteiger partial charge is 0.341 e. The first-order chi connectivity index (χ1) is 9.38. The van der Waals surface area contributed by atoms with Crippen molar-refractivity contribution in [3.63, 3.8) is 0 Å². The van der Waals surface area contributed by atoms with Crippen molar-refractivity contribution >= 4 is 15.7 Å². The van der Waals surface area contributed by atoms with Crippen LogP contribution in [0.1, 0.15) is 44.9 Å². The highest BCUT2D eigenvalue weighted by Crippen LogP contribution is 2.32. The molecular weight excluding hydrogens is 276 g/mol. The number of nitrogens with one attached hydrogen (secondary N) is 1. The summed E-state index contributed by atoms with van der Waals surface area (Å²) in [5.74, 6) is -0.187. The Hall–Kier alpha value is -0.620.